The number of imide groups is 1. The molecule has 3 rings (SSSR count). The smallest absolute Gasteiger partial charge is 0.257 e. The summed E-state index contributed by atoms with van der Waals surface area (Å²) < 4.78 is 0. The predicted molar refractivity (Wildman–Crippen MR) is 109 cm³/mol. The van der Waals surface area contributed by atoms with Crippen molar-refractivity contribution in [1.82, 2.24) is 4.90 Å². The van der Waals surface area contributed by atoms with E-state index in [2.05, 4.69) is 0 Å². The van der Waals surface area contributed by atoms with Crippen molar-refractivity contribution < 1.29 is 14.4 Å². The molecule has 0 saturated carbocycles. The van der Waals surface area contributed by atoms with Crippen LogP contribution in [0.5, 0.6) is 0 Å². The Kier molecular flexibility index (Phi) is 5.84. The van der Waals surface area contributed by atoms with Crippen molar-refractivity contribution in [3.8, 4) is 0 Å². The van der Waals surface area contributed by atoms with Gasteiger partial charge in [-0.05, 0) is 56.7 Å². The zero-order valence-corrected chi connectivity index (χ0v) is 16.9. The summed E-state index contributed by atoms with van der Waals surface area (Å²) in [6.45, 7) is 5.80. The first-order valence-electron chi connectivity index (χ1n) is 9.35. The van der Waals surface area contributed by atoms with Crippen molar-refractivity contribution in [3.05, 3.63) is 64.7 Å². The van der Waals surface area contributed by atoms with Gasteiger partial charge < -0.3 is 4.90 Å². The van der Waals surface area contributed by atoms with E-state index in [1.807, 2.05) is 32.9 Å². The number of nitrogens with zero attached hydrogens (tertiary/aromatic N) is 2. The maximum absolute atomic E-state index is 13.2. The summed E-state index contributed by atoms with van der Waals surface area (Å²) in [5.74, 6) is -0.936. The Bertz CT molecular complexity index is 893. The highest BCUT2D eigenvalue weighted by Crippen LogP contribution is 2.29. The van der Waals surface area contributed by atoms with E-state index in [1.54, 1.807) is 41.3 Å². The summed E-state index contributed by atoms with van der Waals surface area (Å²) in [5, 5.41) is 0.523. The van der Waals surface area contributed by atoms with Gasteiger partial charge in [0, 0.05) is 16.6 Å². The van der Waals surface area contributed by atoms with E-state index >= 15 is 0 Å². The number of carbonyl (C=O) groups is 3. The van der Waals surface area contributed by atoms with Crippen molar-refractivity contribution >= 4 is 35.0 Å². The van der Waals surface area contributed by atoms with Crippen LogP contribution < -0.4 is 4.90 Å². The monoisotopic (exact) mass is 398 g/mol. The molecule has 0 aromatic heterocycles. The molecule has 2 aromatic carbocycles. The summed E-state index contributed by atoms with van der Waals surface area (Å²) in [4.78, 5) is 41.7. The molecule has 1 fully saturated rings. The van der Waals surface area contributed by atoms with Crippen molar-refractivity contribution in [2.24, 2.45) is 0 Å². The van der Waals surface area contributed by atoms with E-state index in [0.717, 1.165) is 10.5 Å². The molecule has 0 radical (unpaired) electrons. The highest BCUT2D eigenvalue weighted by atomic mass is 35.5. The molecule has 146 valence electrons. The number of carbonyl (C=O) groups excluding carboxylic acids is 3. The third-order valence-corrected chi connectivity index (χ3v) is 5.39. The van der Waals surface area contributed by atoms with Gasteiger partial charge in [-0.25, -0.2) is 4.90 Å². The van der Waals surface area contributed by atoms with E-state index in [9.17, 15) is 14.4 Å². The number of anilines is 1. The summed E-state index contributed by atoms with van der Waals surface area (Å²) in [6, 6.07) is 12.8. The minimum atomic E-state index is -0.813. The zero-order valence-electron chi connectivity index (χ0n) is 16.2. The Morgan fingerprint density at radius 1 is 1.14 bits per heavy atom. The molecule has 1 saturated heterocycles. The lowest BCUT2D eigenvalue weighted by atomic mass is 10.1. The first-order valence-corrected chi connectivity index (χ1v) is 9.73. The van der Waals surface area contributed by atoms with Gasteiger partial charge in [0.1, 0.15) is 6.04 Å². The van der Waals surface area contributed by atoms with Gasteiger partial charge in [0.25, 0.3) is 11.8 Å². The number of hydrogen-bond donors (Lipinski definition) is 0. The fraction of sp³-hybridized carbons (Fsp3) is 0.318. The van der Waals surface area contributed by atoms with Gasteiger partial charge >= 0.3 is 0 Å². The molecular formula is C22H23ClN2O3. The maximum Gasteiger partial charge on any atom is 0.257 e. The van der Waals surface area contributed by atoms with Gasteiger partial charge in [0.15, 0.2) is 0 Å². The van der Waals surface area contributed by atoms with Gasteiger partial charge in [0.05, 0.1) is 12.1 Å². The van der Waals surface area contributed by atoms with Gasteiger partial charge in [-0.2, -0.15) is 0 Å². The molecular weight excluding hydrogens is 376 g/mol. The lowest BCUT2D eigenvalue weighted by Gasteiger charge is -2.33. The summed E-state index contributed by atoms with van der Waals surface area (Å²) in [5.41, 5.74) is 2.03. The number of benzene rings is 2. The van der Waals surface area contributed by atoms with E-state index in [0.29, 0.717) is 22.7 Å². The predicted octanol–water partition coefficient (Wildman–Crippen LogP) is 4.22. The second-order valence-electron chi connectivity index (χ2n) is 7.10. The molecule has 6 heteroatoms. The zero-order chi connectivity index (χ0) is 20.4. The summed E-state index contributed by atoms with van der Waals surface area (Å²) in [7, 11) is 0. The van der Waals surface area contributed by atoms with Crippen LogP contribution in [-0.2, 0) is 9.59 Å². The van der Waals surface area contributed by atoms with Crippen molar-refractivity contribution in [2.45, 2.75) is 45.7 Å². The normalized spacial score (nSPS) is 17.7. The molecule has 2 atom stereocenters. The molecule has 2 aromatic rings. The van der Waals surface area contributed by atoms with E-state index in [-0.39, 0.29) is 30.2 Å². The Labute approximate surface area is 169 Å². The minimum absolute atomic E-state index is 0.0244. The van der Waals surface area contributed by atoms with Crippen LogP contribution in [0.2, 0.25) is 5.02 Å². The third kappa shape index (κ3) is 3.80. The number of hydrogen-bond acceptors (Lipinski definition) is 3. The number of rotatable bonds is 5. The largest absolute Gasteiger partial charge is 0.323 e. The fourth-order valence-corrected chi connectivity index (χ4v) is 3.51. The molecule has 0 aliphatic carbocycles. The molecule has 0 spiro atoms. The lowest BCUT2D eigenvalue weighted by molar-refractivity contribution is -0.122. The van der Waals surface area contributed by atoms with Crippen molar-refractivity contribution in [1.29, 1.82) is 0 Å². The number of halogens is 1. The average molecular weight is 399 g/mol. The molecule has 2 unspecified atom stereocenters. The Hall–Kier alpha value is -2.66. The highest BCUT2D eigenvalue weighted by Gasteiger charge is 2.45. The SMILES string of the molecule is CCC(C)N(C(=O)c1ccc(C)cc1)C1CC(=O)N(c2ccc(Cl)cc2)C1=O. The van der Waals surface area contributed by atoms with Gasteiger partial charge in [-0.15, -0.1) is 0 Å². The van der Waals surface area contributed by atoms with Crippen LogP contribution in [0.15, 0.2) is 48.5 Å². The summed E-state index contributed by atoms with van der Waals surface area (Å²) in [6.07, 6.45) is 0.653. The lowest BCUT2D eigenvalue weighted by Crippen LogP contribution is -2.49. The standard InChI is InChI=1S/C22H23ClN2O3/c1-4-15(3)24(21(27)16-7-5-14(2)6-8-16)19-13-20(26)25(22(19)28)18-11-9-17(23)10-12-18/h5-12,15,19H,4,13H2,1-3H3. The van der Waals surface area contributed by atoms with Crippen LogP contribution in [0.25, 0.3) is 0 Å². The second kappa shape index (κ2) is 8.15. The van der Waals surface area contributed by atoms with E-state index in [4.69, 9.17) is 11.6 Å². The van der Waals surface area contributed by atoms with E-state index < -0.39 is 6.04 Å². The van der Waals surface area contributed by atoms with Crippen LogP contribution in [0.1, 0.15) is 42.6 Å². The molecule has 3 amide bonds. The maximum atomic E-state index is 13.2. The molecule has 0 bridgehead atoms. The van der Waals surface area contributed by atoms with Gasteiger partial charge in [-0.3, -0.25) is 14.4 Å². The Morgan fingerprint density at radius 3 is 2.32 bits per heavy atom. The molecule has 28 heavy (non-hydrogen) atoms. The Balaban J connectivity index is 1.93. The molecule has 1 aliphatic heterocycles. The average Bonchev–Trinajstić information content (AvgIpc) is 2.97. The van der Waals surface area contributed by atoms with Gasteiger partial charge in [0.2, 0.25) is 5.91 Å². The third-order valence-electron chi connectivity index (χ3n) is 5.14. The summed E-state index contributed by atoms with van der Waals surface area (Å²) >= 11 is 5.91. The quantitative estimate of drug-likeness (QED) is 0.708. The molecule has 1 aliphatic rings. The highest BCUT2D eigenvalue weighted by molar-refractivity contribution is 6.31. The molecule has 1 heterocycles. The van der Waals surface area contributed by atoms with E-state index in [1.165, 1.54) is 0 Å². The first kappa shape index (κ1) is 20.1. The molecule has 5 nitrogen and oxygen atoms in total. The van der Waals surface area contributed by atoms with Crippen LogP contribution in [-0.4, -0.2) is 34.7 Å². The first-order chi connectivity index (χ1) is 13.3. The second-order valence-corrected chi connectivity index (χ2v) is 7.54. The van der Waals surface area contributed by atoms with Gasteiger partial charge in [-0.1, -0.05) is 36.2 Å². The Morgan fingerprint density at radius 2 is 1.75 bits per heavy atom. The van der Waals surface area contributed by atoms with Crippen LogP contribution in [0.4, 0.5) is 5.69 Å². The topological polar surface area (TPSA) is 57.7 Å². The van der Waals surface area contributed by atoms with Crippen LogP contribution in [0, 0.1) is 6.92 Å². The van der Waals surface area contributed by atoms with Crippen LogP contribution >= 0.6 is 11.6 Å². The fourth-order valence-electron chi connectivity index (χ4n) is 3.39. The number of amides is 3. The number of aryl methyl sites for hydroxylation is 1. The minimum Gasteiger partial charge on any atom is -0.323 e. The molecule has 0 N–H and O–H groups in total. The van der Waals surface area contributed by atoms with Crippen molar-refractivity contribution in [2.75, 3.05) is 4.90 Å². The van der Waals surface area contributed by atoms with Crippen LogP contribution in [0.3, 0.4) is 0 Å². The van der Waals surface area contributed by atoms with Crippen molar-refractivity contribution in [3.63, 3.8) is 0 Å².